The molecule has 0 radical (unpaired) electrons. The monoisotopic (exact) mass is 243 g/mol. The summed E-state index contributed by atoms with van der Waals surface area (Å²) in [5, 5.41) is 3.22. The van der Waals surface area contributed by atoms with E-state index in [-0.39, 0.29) is 0 Å². The second kappa shape index (κ2) is 5.82. The van der Waals surface area contributed by atoms with E-state index in [9.17, 15) is 0 Å². The summed E-state index contributed by atoms with van der Waals surface area (Å²) in [5.74, 6) is 0.871. The van der Waals surface area contributed by atoms with Crippen LogP contribution in [0, 0.1) is 0 Å². The third-order valence-electron chi connectivity index (χ3n) is 2.53. The summed E-state index contributed by atoms with van der Waals surface area (Å²) in [7, 11) is 0. The molecule has 0 saturated heterocycles. The minimum Gasteiger partial charge on any atom is -0.492 e. The number of para-hydroxylation sites is 1. The molecule has 2 aromatic rings. The molecule has 0 aliphatic carbocycles. The van der Waals surface area contributed by atoms with Crippen LogP contribution >= 0.6 is 0 Å². The molecule has 0 heterocycles. The van der Waals surface area contributed by atoms with Crippen molar-refractivity contribution in [2.45, 2.75) is 0 Å². The first-order chi connectivity index (χ1) is 8.75. The second-order valence-corrected chi connectivity index (χ2v) is 3.93. The SMILES string of the molecule is Nc1ccc(NCCOc2ccccc2)cc1N. The van der Waals surface area contributed by atoms with Gasteiger partial charge in [0.05, 0.1) is 11.4 Å². The van der Waals surface area contributed by atoms with Crippen LogP contribution in [0.1, 0.15) is 0 Å². The van der Waals surface area contributed by atoms with E-state index in [0.717, 1.165) is 11.4 Å². The number of hydrogen-bond acceptors (Lipinski definition) is 4. The molecule has 2 aromatic carbocycles. The number of nitrogen functional groups attached to an aromatic ring is 2. The molecule has 2 rings (SSSR count). The molecule has 0 aliphatic heterocycles. The van der Waals surface area contributed by atoms with Crippen molar-refractivity contribution in [2.75, 3.05) is 29.9 Å². The average Bonchev–Trinajstić information content (AvgIpc) is 2.40. The van der Waals surface area contributed by atoms with Crippen molar-refractivity contribution >= 4 is 17.1 Å². The third kappa shape index (κ3) is 3.31. The Balaban J connectivity index is 1.77. The van der Waals surface area contributed by atoms with Crippen molar-refractivity contribution in [1.82, 2.24) is 0 Å². The number of nitrogens with one attached hydrogen (secondary N) is 1. The van der Waals surface area contributed by atoms with Crippen LogP contribution in [0.2, 0.25) is 0 Å². The maximum atomic E-state index is 5.72. The molecule has 0 unspecified atom stereocenters. The van der Waals surface area contributed by atoms with Gasteiger partial charge in [0.15, 0.2) is 0 Å². The molecule has 5 N–H and O–H groups in total. The number of benzene rings is 2. The normalized spacial score (nSPS) is 10.0. The fourth-order valence-electron chi connectivity index (χ4n) is 1.57. The molecular formula is C14H17N3O. The van der Waals surface area contributed by atoms with Gasteiger partial charge in [0.25, 0.3) is 0 Å². The Kier molecular flexibility index (Phi) is 3.91. The van der Waals surface area contributed by atoms with Gasteiger partial charge in [-0.25, -0.2) is 0 Å². The van der Waals surface area contributed by atoms with Gasteiger partial charge in [0.2, 0.25) is 0 Å². The molecule has 0 atom stereocenters. The molecular weight excluding hydrogens is 226 g/mol. The first kappa shape index (κ1) is 12.1. The summed E-state index contributed by atoms with van der Waals surface area (Å²) < 4.78 is 5.56. The number of nitrogens with two attached hydrogens (primary N) is 2. The van der Waals surface area contributed by atoms with Crippen molar-refractivity contribution in [1.29, 1.82) is 0 Å². The van der Waals surface area contributed by atoms with Gasteiger partial charge >= 0.3 is 0 Å². The van der Waals surface area contributed by atoms with Crippen molar-refractivity contribution in [3.63, 3.8) is 0 Å². The Labute approximate surface area is 107 Å². The Morgan fingerprint density at radius 2 is 1.72 bits per heavy atom. The predicted molar refractivity (Wildman–Crippen MR) is 75.7 cm³/mol. The molecule has 0 spiro atoms. The molecule has 0 fully saturated rings. The lowest BCUT2D eigenvalue weighted by Crippen LogP contribution is -2.11. The minimum atomic E-state index is 0.587. The van der Waals surface area contributed by atoms with E-state index >= 15 is 0 Å². The van der Waals surface area contributed by atoms with Gasteiger partial charge in [0.1, 0.15) is 12.4 Å². The first-order valence-corrected chi connectivity index (χ1v) is 5.82. The Hall–Kier alpha value is -2.36. The summed E-state index contributed by atoms with van der Waals surface area (Å²) in [5.41, 5.74) is 13.5. The van der Waals surface area contributed by atoms with E-state index in [0.29, 0.717) is 24.5 Å². The summed E-state index contributed by atoms with van der Waals surface area (Å²) in [6.07, 6.45) is 0. The zero-order valence-corrected chi connectivity index (χ0v) is 10.1. The van der Waals surface area contributed by atoms with Crippen LogP contribution in [0.5, 0.6) is 5.75 Å². The third-order valence-corrected chi connectivity index (χ3v) is 2.53. The van der Waals surface area contributed by atoms with Gasteiger partial charge in [-0.3, -0.25) is 0 Å². The molecule has 4 heteroatoms. The van der Waals surface area contributed by atoms with E-state index in [1.165, 1.54) is 0 Å². The van der Waals surface area contributed by atoms with Crippen molar-refractivity contribution in [2.24, 2.45) is 0 Å². The van der Waals surface area contributed by atoms with Gasteiger partial charge in [-0.1, -0.05) is 18.2 Å². The van der Waals surface area contributed by atoms with Crippen molar-refractivity contribution in [3.05, 3.63) is 48.5 Å². The second-order valence-electron chi connectivity index (χ2n) is 3.93. The Morgan fingerprint density at radius 1 is 0.944 bits per heavy atom. The standard InChI is InChI=1S/C14H17N3O/c15-13-7-6-11(10-14(13)16)17-8-9-18-12-4-2-1-3-5-12/h1-7,10,17H,8-9,15-16H2. The van der Waals surface area contributed by atoms with E-state index in [2.05, 4.69) is 5.32 Å². The fraction of sp³-hybridized carbons (Fsp3) is 0.143. The van der Waals surface area contributed by atoms with Crippen LogP contribution in [0.25, 0.3) is 0 Å². The molecule has 94 valence electrons. The highest BCUT2D eigenvalue weighted by Gasteiger charge is 1.97. The first-order valence-electron chi connectivity index (χ1n) is 5.82. The van der Waals surface area contributed by atoms with Crippen LogP contribution in [0.3, 0.4) is 0 Å². The van der Waals surface area contributed by atoms with Gasteiger partial charge in [-0.15, -0.1) is 0 Å². The van der Waals surface area contributed by atoms with Crippen LogP contribution in [0.4, 0.5) is 17.1 Å². The predicted octanol–water partition coefficient (Wildman–Crippen LogP) is 2.34. The highest BCUT2D eigenvalue weighted by atomic mass is 16.5. The van der Waals surface area contributed by atoms with Gasteiger partial charge in [-0.05, 0) is 30.3 Å². The maximum absolute atomic E-state index is 5.72. The van der Waals surface area contributed by atoms with Crippen molar-refractivity contribution in [3.8, 4) is 5.75 Å². The highest BCUT2D eigenvalue weighted by molar-refractivity contribution is 5.69. The highest BCUT2D eigenvalue weighted by Crippen LogP contribution is 2.19. The average molecular weight is 243 g/mol. The van der Waals surface area contributed by atoms with E-state index in [4.69, 9.17) is 16.2 Å². The molecule has 0 amide bonds. The van der Waals surface area contributed by atoms with Crippen molar-refractivity contribution < 1.29 is 4.74 Å². The Morgan fingerprint density at radius 3 is 2.44 bits per heavy atom. The summed E-state index contributed by atoms with van der Waals surface area (Å²) >= 11 is 0. The smallest absolute Gasteiger partial charge is 0.119 e. The number of rotatable bonds is 5. The number of ether oxygens (including phenoxy) is 1. The summed E-state index contributed by atoms with van der Waals surface area (Å²) in [6, 6.07) is 15.2. The van der Waals surface area contributed by atoms with Crippen LogP contribution < -0.4 is 21.5 Å². The Bertz CT molecular complexity index is 500. The lowest BCUT2D eigenvalue weighted by Gasteiger charge is -2.09. The largest absolute Gasteiger partial charge is 0.492 e. The van der Waals surface area contributed by atoms with E-state index in [1.807, 2.05) is 42.5 Å². The van der Waals surface area contributed by atoms with E-state index in [1.54, 1.807) is 6.07 Å². The molecule has 0 bridgehead atoms. The fourth-order valence-corrected chi connectivity index (χ4v) is 1.57. The topological polar surface area (TPSA) is 73.3 Å². The van der Waals surface area contributed by atoms with Gasteiger partial charge in [-0.2, -0.15) is 0 Å². The quantitative estimate of drug-likeness (QED) is 0.556. The number of anilines is 3. The van der Waals surface area contributed by atoms with Gasteiger partial charge in [0, 0.05) is 12.2 Å². The van der Waals surface area contributed by atoms with Crippen LogP contribution in [-0.2, 0) is 0 Å². The zero-order chi connectivity index (χ0) is 12.8. The molecule has 0 saturated carbocycles. The number of hydrogen-bond donors (Lipinski definition) is 3. The van der Waals surface area contributed by atoms with Crippen LogP contribution in [0.15, 0.2) is 48.5 Å². The molecule has 0 aliphatic rings. The lowest BCUT2D eigenvalue weighted by molar-refractivity contribution is 0.333. The molecule has 18 heavy (non-hydrogen) atoms. The molecule has 4 nitrogen and oxygen atoms in total. The minimum absolute atomic E-state index is 0.587. The summed E-state index contributed by atoms with van der Waals surface area (Å²) in [4.78, 5) is 0. The van der Waals surface area contributed by atoms with E-state index < -0.39 is 0 Å². The molecule has 0 aromatic heterocycles. The summed E-state index contributed by atoms with van der Waals surface area (Å²) in [6.45, 7) is 1.30. The zero-order valence-electron chi connectivity index (χ0n) is 10.1. The maximum Gasteiger partial charge on any atom is 0.119 e. The van der Waals surface area contributed by atoms with Gasteiger partial charge < -0.3 is 21.5 Å². The van der Waals surface area contributed by atoms with Crippen LogP contribution in [-0.4, -0.2) is 13.2 Å². The lowest BCUT2D eigenvalue weighted by atomic mass is 10.2.